The van der Waals surface area contributed by atoms with E-state index < -0.39 is 20.9 Å². The van der Waals surface area contributed by atoms with Gasteiger partial charge in [0.2, 0.25) is 0 Å². The minimum Gasteiger partial charge on any atom is -0.218 e. The van der Waals surface area contributed by atoms with Gasteiger partial charge in [-0.15, -0.1) is 0 Å². The van der Waals surface area contributed by atoms with Gasteiger partial charge in [0.15, 0.2) is 12.4 Å². The molecule has 0 aliphatic rings. The second-order valence-electron chi connectivity index (χ2n) is 3.88. The van der Waals surface area contributed by atoms with Crippen LogP contribution in [-0.4, -0.2) is 15.2 Å². The molecule has 2 aromatic rings. The number of pyridine rings is 1. The zero-order chi connectivity index (χ0) is 16.2. The fourth-order valence-electron chi connectivity index (χ4n) is 1.32. The topological polar surface area (TPSA) is 57.3 Å². The number of benzene rings is 1. The molecule has 1 N–H and O–H groups in total. The van der Waals surface area contributed by atoms with E-state index in [1.165, 1.54) is 24.3 Å². The van der Waals surface area contributed by atoms with Crippen molar-refractivity contribution in [3.63, 3.8) is 0 Å². The van der Waals surface area contributed by atoms with E-state index in [1.54, 1.807) is 0 Å². The van der Waals surface area contributed by atoms with E-state index in [0.717, 1.165) is 0 Å². The molecule has 10 heteroatoms. The predicted molar refractivity (Wildman–Crippen MR) is 90.7 cm³/mol. The summed E-state index contributed by atoms with van der Waals surface area (Å²) in [6.45, 7) is 0. The quantitative estimate of drug-likeness (QED) is 0.350. The first-order valence-electron chi connectivity index (χ1n) is 5.40. The number of rotatable bonds is 2. The van der Waals surface area contributed by atoms with Crippen LogP contribution in [0.2, 0.25) is 0 Å². The zero-order valence-electron chi connectivity index (χ0n) is 10.3. The van der Waals surface area contributed by atoms with Crippen LogP contribution >= 0.6 is 44.1 Å². The molecule has 1 aromatic heterocycles. The number of nitrogens with zero attached hydrogens (tertiary/aromatic N) is 1. The molecule has 4 nitrogen and oxygen atoms in total. The Balaban J connectivity index is 0.000000304. The summed E-state index contributed by atoms with van der Waals surface area (Å²) in [6, 6.07) is 11.2. The maximum Gasteiger partial charge on any atom is 0.166 e. The minimum atomic E-state index is -6.07. The number of aromatic amines is 1. The second kappa shape index (κ2) is 6.27. The first-order valence-corrected chi connectivity index (χ1v) is 22.8. The van der Waals surface area contributed by atoms with Crippen LogP contribution in [0.3, 0.4) is 0 Å². The molecule has 0 fully saturated rings. The standard InChI is InChI=1S/C6H4NO2.C5H5N.5ClH.Sb/c8-7(9)6-4-2-1-3-5-6;1-2-4-6-5-3-1;;;;;;/h1-4H;1-5H;5*1H;/q;;;;;;;+4/p-4. The van der Waals surface area contributed by atoms with Gasteiger partial charge in [-0.25, -0.2) is 4.98 Å². The van der Waals surface area contributed by atoms with Gasteiger partial charge in [-0.2, -0.15) is 0 Å². The summed E-state index contributed by atoms with van der Waals surface area (Å²) in [5.74, 6) is 0. The average Bonchev–Trinajstić information content (AvgIpc) is 2.39. The molecule has 1 aromatic carbocycles. The van der Waals surface area contributed by atoms with Crippen LogP contribution in [0.25, 0.3) is 0 Å². The molecule has 0 radical (unpaired) electrons. The summed E-state index contributed by atoms with van der Waals surface area (Å²) in [5.41, 5.74) is -0.392. The van der Waals surface area contributed by atoms with E-state index in [0.29, 0.717) is 0 Å². The number of hydrogen-bond donors (Lipinski definition) is 0. The zero-order valence-corrected chi connectivity index (χ0v) is 16.6. The van der Waals surface area contributed by atoms with E-state index in [9.17, 15) is 10.1 Å². The van der Waals surface area contributed by atoms with Gasteiger partial charge in [-0.05, 0) is 0 Å². The van der Waals surface area contributed by atoms with Crippen molar-refractivity contribution in [2.24, 2.45) is 0 Å². The maximum atomic E-state index is 10.7. The summed E-state index contributed by atoms with van der Waals surface area (Å²) in [7, 11) is 22.8. The molecule has 0 saturated carbocycles. The van der Waals surface area contributed by atoms with Crippen LogP contribution in [0, 0.1) is 10.1 Å². The van der Waals surface area contributed by atoms with Gasteiger partial charge in [0.25, 0.3) is 0 Å². The van der Waals surface area contributed by atoms with Crippen LogP contribution in [0.5, 0.6) is 0 Å². The number of H-pyrrole nitrogens is 1. The molecule has 0 atom stereocenters. The van der Waals surface area contributed by atoms with Crippen molar-refractivity contribution in [1.82, 2.24) is 0 Å². The molecule has 116 valence electrons. The maximum absolute atomic E-state index is 10.7. The van der Waals surface area contributed by atoms with Crippen LogP contribution in [0.4, 0.5) is 5.69 Å². The number of nitro groups is 1. The van der Waals surface area contributed by atoms with Crippen LogP contribution in [0.15, 0.2) is 54.9 Å². The molecule has 0 bridgehead atoms. The molecule has 2 rings (SSSR count). The van der Waals surface area contributed by atoms with Gasteiger partial charge in [0, 0.05) is 12.1 Å². The molecular weight excluding hydrogens is 491 g/mol. The molecule has 0 saturated heterocycles. The van der Waals surface area contributed by atoms with E-state index in [2.05, 4.69) is 4.98 Å². The van der Waals surface area contributed by atoms with Crippen molar-refractivity contribution in [1.29, 1.82) is 0 Å². The van der Waals surface area contributed by atoms with Gasteiger partial charge in [0.05, 0.1) is 0 Å². The van der Waals surface area contributed by atoms with Crippen molar-refractivity contribution >= 4 is 63.6 Å². The molecule has 1 heterocycles. The molecule has 0 amide bonds. The van der Waals surface area contributed by atoms with Crippen LogP contribution < -0.4 is 8.49 Å². The van der Waals surface area contributed by atoms with Gasteiger partial charge >= 0.3 is 103 Å². The number of nitro benzene ring substituents is 1. The Bertz CT molecular complexity index is 607. The molecule has 0 aliphatic heterocycles. The summed E-state index contributed by atoms with van der Waals surface area (Å²) in [6.07, 6.45) is 3.75. The minimum absolute atomic E-state index is 0.232. The largest absolute Gasteiger partial charge is 0.218 e. The van der Waals surface area contributed by atoms with Crippen molar-refractivity contribution in [3.05, 3.63) is 65.0 Å². The normalized spacial score (nSPS) is 14.1. The molecule has 0 aliphatic carbocycles. The third-order valence-corrected chi connectivity index (χ3v) is 11.9. The monoisotopic (exact) mass is 498 g/mol. The van der Waals surface area contributed by atoms with E-state index in [4.69, 9.17) is 44.1 Å². The number of aromatic nitrogens is 1. The summed E-state index contributed by atoms with van der Waals surface area (Å²) in [5, 5.41) is 10.7. The first kappa shape index (κ1) is 19.1. The molecule has 0 unspecified atom stereocenters. The number of hydrogen-bond acceptors (Lipinski definition) is 2. The Morgan fingerprint density at radius 3 is 1.71 bits per heavy atom. The summed E-state index contributed by atoms with van der Waals surface area (Å²) < 4.78 is -0.232. The number of nitrogens with one attached hydrogen (secondary N) is 1. The third kappa shape index (κ3) is 6.77. The summed E-state index contributed by atoms with van der Waals surface area (Å²) >= 11 is 0. The molecule has 0 spiro atoms. The van der Waals surface area contributed by atoms with E-state index in [1.807, 2.05) is 30.6 Å². The van der Waals surface area contributed by atoms with Crippen LogP contribution in [-0.2, 0) is 0 Å². The summed E-state index contributed by atoms with van der Waals surface area (Å²) in [4.78, 5) is 12.9. The van der Waals surface area contributed by atoms with Crippen molar-refractivity contribution in [2.45, 2.75) is 0 Å². The van der Waals surface area contributed by atoms with Crippen molar-refractivity contribution < 1.29 is 9.91 Å². The third-order valence-electron chi connectivity index (χ3n) is 2.14. The second-order valence-corrected chi connectivity index (χ2v) is 51.3. The Hall–Kier alpha value is 0.0382. The Morgan fingerprint density at radius 2 is 1.43 bits per heavy atom. The molecular formula is C11H10Cl5N2O2Sb. The average molecular weight is 501 g/mol. The smallest absolute Gasteiger partial charge is 0.166 e. The van der Waals surface area contributed by atoms with Gasteiger partial charge < -0.3 is 0 Å². The number of halogens is 5. The Kier molecular flexibility index (Phi) is 5.70. The first-order chi connectivity index (χ1) is 9.41. The fraction of sp³-hybridized carbons (Fsp3) is 0. The van der Waals surface area contributed by atoms with Gasteiger partial charge in [-0.3, -0.25) is 0 Å². The van der Waals surface area contributed by atoms with Crippen molar-refractivity contribution in [3.8, 4) is 0 Å². The Labute approximate surface area is 137 Å². The predicted octanol–water partition coefficient (Wildman–Crippen LogP) is 4.34. The van der Waals surface area contributed by atoms with Gasteiger partial charge in [-0.1, -0.05) is 6.07 Å². The Morgan fingerprint density at radius 1 is 0.905 bits per heavy atom. The number of para-hydroxylation sites is 1. The SMILES string of the molecule is O=[N+]([O-])c1cccc[c]1[Sb-]([Cl])([Cl])([Cl])([Cl])[Cl].c1cc[nH+]cc1. The van der Waals surface area contributed by atoms with E-state index >= 15 is 0 Å². The molecule has 21 heavy (non-hydrogen) atoms. The van der Waals surface area contributed by atoms with Gasteiger partial charge in [0.1, 0.15) is 0 Å². The van der Waals surface area contributed by atoms with Crippen molar-refractivity contribution in [2.75, 3.05) is 0 Å². The fourth-order valence-corrected chi connectivity index (χ4v) is 8.84. The van der Waals surface area contributed by atoms with Crippen LogP contribution in [0.1, 0.15) is 0 Å². The van der Waals surface area contributed by atoms with E-state index in [-0.39, 0.29) is 3.51 Å².